The highest BCUT2D eigenvalue weighted by Gasteiger charge is 2.20. The van der Waals surface area contributed by atoms with Crippen molar-refractivity contribution < 1.29 is 9.84 Å². The summed E-state index contributed by atoms with van der Waals surface area (Å²) < 4.78 is 6.08. The third-order valence-corrected chi connectivity index (χ3v) is 4.23. The molecule has 1 unspecified atom stereocenters. The monoisotopic (exact) mass is 312 g/mol. The summed E-state index contributed by atoms with van der Waals surface area (Å²) in [6.07, 6.45) is 4.30. The zero-order valence-electron chi connectivity index (χ0n) is 14.3. The average molecular weight is 312 g/mol. The van der Waals surface area contributed by atoms with Crippen LogP contribution in [0.4, 0.5) is 0 Å². The molecule has 0 fully saturated rings. The highest BCUT2D eigenvalue weighted by molar-refractivity contribution is 5.40. The van der Waals surface area contributed by atoms with Crippen LogP contribution in [0.25, 0.3) is 0 Å². The van der Waals surface area contributed by atoms with Crippen molar-refractivity contribution in [3.8, 4) is 0 Å². The Morgan fingerprint density at radius 2 is 1.52 bits per heavy atom. The van der Waals surface area contributed by atoms with E-state index >= 15 is 0 Å². The summed E-state index contributed by atoms with van der Waals surface area (Å²) in [5.74, 6) is 0. The number of hydrogen-bond acceptors (Lipinski definition) is 2. The van der Waals surface area contributed by atoms with Gasteiger partial charge in [-0.25, -0.2) is 0 Å². The third-order valence-electron chi connectivity index (χ3n) is 4.23. The van der Waals surface area contributed by atoms with Crippen LogP contribution in [-0.4, -0.2) is 18.3 Å². The first kappa shape index (κ1) is 17.7. The lowest BCUT2D eigenvalue weighted by molar-refractivity contribution is 0.0492. The molecule has 1 atom stereocenters. The molecule has 0 amide bonds. The van der Waals surface area contributed by atoms with Crippen molar-refractivity contribution in [2.45, 2.75) is 45.6 Å². The van der Waals surface area contributed by atoms with Gasteiger partial charge >= 0.3 is 0 Å². The Hall–Kier alpha value is -1.64. The van der Waals surface area contributed by atoms with E-state index in [1.165, 1.54) is 35.1 Å². The minimum atomic E-state index is -0.105. The van der Waals surface area contributed by atoms with Crippen LogP contribution in [-0.2, 0) is 17.6 Å². The molecule has 2 aromatic rings. The van der Waals surface area contributed by atoms with Crippen molar-refractivity contribution >= 4 is 0 Å². The molecule has 2 nitrogen and oxygen atoms in total. The van der Waals surface area contributed by atoms with E-state index in [0.29, 0.717) is 6.61 Å². The van der Waals surface area contributed by atoms with E-state index in [9.17, 15) is 5.11 Å². The molecular formula is C21H28O2. The maximum absolute atomic E-state index is 9.22. The Labute approximate surface area is 140 Å². The van der Waals surface area contributed by atoms with E-state index < -0.39 is 0 Å². The summed E-state index contributed by atoms with van der Waals surface area (Å²) in [5.41, 5.74) is 5.10. The summed E-state index contributed by atoms with van der Waals surface area (Å²) in [4.78, 5) is 0. The molecule has 124 valence electrons. The molecule has 0 saturated heterocycles. The summed E-state index contributed by atoms with van der Waals surface area (Å²) in [6, 6.07) is 17.0. The molecule has 0 radical (unpaired) electrons. The fourth-order valence-electron chi connectivity index (χ4n) is 3.01. The van der Waals surface area contributed by atoms with Crippen molar-refractivity contribution in [1.82, 2.24) is 0 Å². The van der Waals surface area contributed by atoms with E-state index in [0.717, 1.165) is 12.8 Å². The fraction of sp³-hybridized carbons (Fsp3) is 0.429. The van der Waals surface area contributed by atoms with E-state index in [2.05, 4.69) is 62.4 Å². The molecule has 0 aliphatic carbocycles. The minimum absolute atomic E-state index is 0.0436. The number of benzene rings is 2. The third kappa shape index (κ3) is 4.66. The maximum Gasteiger partial charge on any atom is 0.108 e. The van der Waals surface area contributed by atoms with Crippen molar-refractivity contribution in [2.24, 2.45) is 0 Å². The second-order valence-corrected chi connectivity index (χ2v) is 5.83. The van der Waals surface area contributed by atoms with Crippen molar-refractivity contribution in [3.63, 3.8) is 0 Å². The van der Waals surface area contributed by atoms with Crippen LogP contribution < -0.4 is 0 Å². The molecule has 1 N–H and O–H groups in total. The fourth-order valence-corrected chi connectivity index (χ4v) is 3.01. The van der Waals surface area contributed by atoms with E-state index in [1.807, 2.05) is 0 Å². The van der Waals surface area contributed by atoms with Gasteiger partial charge in [0.1, 0.15) is 6.10 Å². The number of aliphatic hydroxyl groups is 1. The number of aliphatic hydroxyl groups excluding tert-OH is 1. The zero-order chi connectivity index (χ0) is 16.5. The van der Waals surface area contributed by atoms with Crippen molar-refractivity contribution in [3.05, 3.63) is 70.8 Å². The molecule has 0 heterocycles. The zero-order valence-corrected chi connectivity index (χ0v) is 14.3. The molecule has 0 saturated carbocycles. The van der Waals surface area contributed by atoms with Gasteiger partial charge in [-0.15, -0.1) is 0 Å². The summed E-state index contributed by atoms with van der Waals surface area (Å²) in [6.45, 7) is 4.78. The first-order valence-corrected chi connectivity index (χ1v) is 8.69. The van der Waals surface area contributed by atoms with Crippen molar-refractivity contribution in [1.29, 1.82) is 0 Å². The highest BCUT2D eigenvalue weighted by Crippen LogP contribution is 2.32. The van der Waals surface area contributed by atoms with Crippen LogP contribution in [0.1, 0.15) is 55.0 Å². The molecule has 0 aliphatic rings. The number of hydrogen-bond donors (Lipinski definition) is 1. The van der Waals surface area contributed by atoms with Crippen LogP contribution in [0.2, 0.25) is 0 Å². The second-order valence-electron chi connectivity index (χ2n) is 5.83. The average Bonchev–Trinajstić information content (AvgIpc) is 2.61. The molecule has 2 aromatic carbocycles. The maximum atomic E-state index is 9.22. The van der Waals surface area contributed by atoms with Gasteiger partial charge in [-0.05, 0) is 41.5 Å². The molecular weight excluding hydrogens is 284 g/mol. The van der Waals surface area contributed by atoms with Crippen LogP contribution in [0.5, 0.6) is 0 Å². The number of rotatable bonds is 9. The molecule has 2 heteroatoms. The van der Waals surface area contributed by atoms with E-state index in [4.69, 9.17) is 4.74 Å². The van der Waals surface area contributed by atoms with Crippen LogP contribution >= 0.6 is 0 Å². The predicted octanol–water partition coefficient (Wildman–Crippen LogP) is 4.69. The number of ether oxygens (including phenoxy) is 1. The second kappa shape index (κ2) is 9.49. The van der Waals surface area contributed by atoms with Gasteiger partial charge in [0.05, 0.1) is 13.2 Å². The van der Waals surface area contributed by atoms with E-state index in [1.54, 1.807) is 0 Å². The summed E-state index contributed by atoms with van der Waals surface area (Å²) >= 11 is 0. The van der Waals surface area contributed by atoms with E-state index in [-0.39, 0.29) is 12.7 Å². The van der Waals surface area contributed by atoms with Gasteiger partial charge in [0.2, 0.25) is 0 Å². The Morgan fingerprint density at radius 1 is 0.913 bits per heavy atom. The summed E-state index contributed by atoms with van der Waals surface area (Å²) in [5, 5.41) is 9.22. The van der Waals surface area contributed by atoms with Crippen LogP contribution in [0, 0.1) is 0 Å². The van der Waals surface area contributed by atoms with Gasteiger partial charge < -0.3 is 9.84 Å². The van der Waals surface area contributed by atoms with Crippen LogP contribution in [0.3, 0.4) is 0 Å². The molecule has 0 bridgehead atoms. The number of aryl methyl sites for hydroxylation is 2. The standard InChI is InChI=1S/C21H28O2/c1-3-5-10-18-12-7-9-14-20(18)21(23-16-15-22)19-13-8-6-11-17(19)4-2/h6-9,11-14,21-22H,3-5,10,15-16H2,1-2H3. The van der Waals surface area contributed by atoms with Crippen molar-refractivity contribution in [2.75, 3.05) is 13.2 Å². The Kier molecular flexibility index (Phi) is 7.31. The lowest BCUT2D eigenvalue weighted by atomic mass is 9.91. The van der Waals surface area contributed by atoms with Gasteiger partial charge in [-0.1, -0.05) is 68.8 Å². The first-order valence-electron chi connectivity index (χ1n) is 8.69. The van der Waals surface area contributed by atoms with Gasteiger partial charge in [0, 0.05) is 0 Å². The molecule has 2 rings (SSSR count). The smallest absolute Gasteiger partial charge is 0.108 e. The van der Waals surface area contributed by atoms with Gasteiger partial charge in [-0.3, -0.25) is 0 Å². The molecule has 0 spiro atoms. The van der Waals surface area contributed by atoms with Gasteiger partial charge in [-0.2, -0.15) is 0 Å². The van der Waals surface area contributed by atoms with Crippen LogP contribution in [0.15, 0.2) is 48.5 Å². The largest absolute Gasteiger partial charge is 0.394 e. The molecule has 0 aliphatic heterocycles. The Morgan fingerprint density at radius 3 is 2.13 bits per heavy atom. The van der Waals surface area contributed by atoms with Gasteiger partial charge in [0.15, 0.2) is 0 Å². The SMILES string of the molecule is CCCCc1ccccc1C(OCCO)c1ccccc1CC. The normalized spacial score (nSPS) is 12.3. The first-order chi connectivity index (χ1) is 11.3. The quantitative estimate of drug-likeness (QED) is 0.728. The minimum Gasteiger partial charge on any atom is -0.394 e. The lowest BCUT2D eigenvalue weighted by Crippen LogP contribution is -2.13. The molecule has 23 heavy (non-hydrogen) atoms. The highest BCUT2D eigenvalue weighted by atomic mass is 16.5. The summed E-state index contributed by atoms with van der Waals surface area (Å²) in [7, 11) is 0. The Bertz CT molecular complexity index is 592. The van der Waals surface area contributed by atoms with Gasteiger partial charge in [0.25, 0.3) is 0 Å². The predicted molar refractivity (Wildman–Crippen MR) is 95.8 cm³/mol. The topological polar surface area (TPSA) is 29.5 Å². The molecule has 0 aromatic heterocycles. The number of unbranched alkanes of at least 4 members (excludes halogenated alkanes) is 1. The Balaban J connectivity index is 2.42. The lowest BCUT2D eigenvalue weighted by Gasteiger charge is -2.23.